The molecule has 24 heavy (non-hydrogen) atoms. The molecular weight excluding hydrogens is 318 g/mol. The molecule has 0 fully saturated rings. The van der Waals surface area contributed by atoms with Crippen LogP contribution in [0.4, 0.5) is 0 Å². The zero-order valence-electron chi connectivity index (χ0n) is 13.8. The van der Waals surface area contributed by atoms with Crippen molar-refractivity contribution in [2.24, 2.45) is 11.7 Å². The minimum Gasteiger partial charge on any atom is -0.392 e. The first-order valence-electron chi connectivity index (χ1n) is 8.12. The molecule has 4 nitrogen and oxygen atoms in total. The van der Waals surface area contributed by atoms with Crippen LogP contribution in [0.5, 0.6) is 0 Å². The maximum Gasteiger partial charge on any atom is 0.251 e. The molecule has 5 heteroatoms. The Morgan fingerprint density at radius 3 is 2.62 bits per heavy atom. The van der Waals surface area contributed by atoms with Crippen molar-refractivity contribution in [2.75, 3.05) is 0 Å². The van der Waals surface area contributed by atoms with Crippen molar-refractivity contribution in [1.82, 2.24) is 10.3 Å². The standard InChI is InChI=1S/C19H21N3OS/c1-3-11(2)17(18(20)24)22-19(23)12-8-9-16-14(10-12)13-6-4-5-7-15(13)21-16/h4-11,17,21H,3H2,1-2H3,(H2,20,24)(H,22,23)/t11?,17-/m0/s1. The normalized spacial score (nSPS) is 13.8. The Kier molecular flexibility index (Phi) is 4.53. The largest absolute Gasteiger partial charge is 0.392 e. The van der Waals surface area contributed by atoms with E-state index >= 15 is 0 Å². The average Bonchev–Trinajstić information content (AvgIpc) is 2.96. The third-order valence-electron chi connectivity index (χ3n) is 4.57. The SMILES string of the molecule is CCC(C)[C@H](NC(=O)c1ccc2[nH]c3ccccc3c2c1)C(N)=S. The van der Waals surface area contributed by atoms with Gasteiger partial charge in [-0.25, -0.2) is 0 Å². The number of amides is 1. The van der Waals surface area contributed by atoms with Crippen molar-refractivity contribution in [3.8, 4) is 0 Å². The number of carbonyl (C=O) groups is 1. The van der Waals surface area contributed by atoms with Crippen molar-refractivity contribution in [1.29, 1.82) is 0 Å². The molecule has 124 valence electrons. The van der Waals surface area contributed by atoms with Gasteiger partial charge in [0.1, 0.15) is 0 Å². The lowest BCUT2D eigenvalue weighted by Crippen LogP contribution is -2.47. The lowest BCUT2D eigenvalue weighted by Gasteiger charge is -2.23. The second-order valence-electron chi connectivity index (χ2n) is 6.17. The summed E-state index contributed by atoms with van der Waals surface area (Å²) in [4.78, 5) is 16.3. The van der Waals surface area contributed by atoms with Crippen LogP contribution < -0.4 is 11.1 Å². The number of fused-ring (bicyclic) bond motifs is 3. The van der Waals surface area contributed by atoms with Crippen LogP contribution in [0.1, 0.15) is 30.6 Å². The smallest absolute Gasteiger partial charge is 0.251 e. The highest BCUT2D eigenvalue weighted by molar-refractivity contribution is 7.80. The fraction of sp³-hybridized carbons (Fsp3) is 0.263. The molecule has 0 bridgehead atoms. The highest BCUT2D eigenvalue weighted by atomic mass is 32.1. The summed E-state index contributed by atoms with van der Waals surface area (Å²) in [5.41, 5.74) is 8.48. The highest BCUT2D eigenvalue weighted by Crippen LogP contribution is 2.26. The summed E-state index contributed by atoms with van der Waals surface area (Å²) in [6.45, 7) is 4.09. The number of aromatic amines is 1. The van der Waals surface area contributed by atoms with Gasteiger partial charge in [0.05, 0.1) is 11.0 Å². The number of thiocarbonyl (C=S) groups is 1. The fourth-order valence-corrected chi connectivity index (χ4v) is 3.23. The molecule has 0 aliphatic heterocycles. The third kappa shape index (κ3) is 2.99. The van der Waals surface area contributed by atoms with Crippen LogP contribution in [-0.2, 0) is 0 Å². The summed E-state index contributed by atoms with van der Waals surface area (Å²) >= 11 is 5.11. The number of hydrogen-bond donors (Lipinski definition) is 3. The van der Waals surface area contributed by atoms with Gasteiger partial charge in [-0.1, -0.05) is 50.7 Å². The number of hydrogen-bond acceptors (Lipinski definition) is 2. The summed E-state index contributed by atoms with van der Waals surface area (Å²) in [6, 6.07) is 13.4. The van der Waals surface area contributed by atoms with Crippen LogP contribution in [0.25, 0.3) is 21.8 Å². The van der Waals surface area contributed by atoms with E-state index in [1.54, 1.807) is 0 Å². The third-order valence-corrected chi connectivity index (χ3v) is 4.83. The van der Waals surface area contributed by atoms with E-state index in [-0.39, 0.29) is 17.9 Å². The van der Waals surface area contributed by atoms with E-state index in [0.717, 1.165) is 28.2 Å². The first-order chi connectivity index (χ1) is 11.5. The zero-order valence-corrected chi connectivity index (χ0v) is 14.6. The molecule has 1 unspecified atom stereocenters. The molecule has 1 amide bonds. The maximum atomic E-state index is 12.6. The quantitative estimate of drug-likeness (QED) is 0.620. The maximum absolute atomic E-state index is 12.6. The second-order valence-corrected chi connectivity index (χ2v) is 6.64. The number of rotatable bonds is 5. The van der Waals surface area contributed by atoms with Gasteiger partial charge >= 0.3 is 0 Å². The van der Waals surface area contributed by atoms with E-state index in [4.69, 9.17) is 18.0 Å². The Bertz CT molecular complexity index is 915. The molecule has 0 radical (unpaired) electrons. The Morgan fingerprint density at radius 1 is 1.21 bits per heavy atom. The summed E-state index contributed by atoms with van der Waals surface area (Å²) < 4.78 is 0. The Balaban J connectivity index is 1.95. The van der Waals surface area contributed by atoms with Gasteiger partial charge in [0.25, 0.3) is 5.91 Å². The lowest BCUT2D eigenvalue weighted by atomic mass is 9.98. The van der Waals surface area contributed by atoms with Crippen molar-refractivity contribution in [3.63, 3.8) is 0 Å². The van der Waals surface area contributed by atoms with Crippen molar-refractivity contribution < 1.29 is 4.79 Å². The van der Waals surface area contributed by atoms with Gasteiger partial charge in [-0.05, 0) is 30.2 Å². The van der Waals surface area contributed by atoms with Gasteiger partial charge in [-0.3, -0.25) is 4.79 Å². The summed E-state index contributed by atoms with van der Waals surface area (Å²) in [5, 5.41) is 5.12. The van der Waals surface area contributed by atoms with Gasteiger partial charge in [-0.15, -0.1) is 0 Å². The number of nitrogens with one attached hydrogen (secondary N) is 2. The van der Waals surface area contributed by atoms with E-state index in [1.807, 2.05) is 49.4 Å². The minimum atomic E-state index is -0.295. The van der Waals surface area contributed by atoms with Gasteiger partial charge in [-0.2, -0.15) is 0 Å². The van der Waals surface area contributed by atoms with Crippen LogP contribution in [0.15, 0.2) is 42.5 Å². The van der Waals surface area contributed by atoms with E-state index < -0.39 is 0 Å². The fourth-order valence-electron chi connectivity index (χ4n) is 2.94. The molecule has 1 heterocycles. The molecule has 2 atom stereocenters. The molecule has 0 spiro atoms. The van der Waals surface area contributed by atoms with Crippen molar-refractivity contribution in [2.45, 2.75) is 26.3 Å². The predicted molar refractivity (Wildman–Crippen MR) is 103 cm³/mol. The molecule has 3 aromatic rings. The second kappa shape index (κ2) is 6.61. The molecule has 2 aromatic carbocycles. The summed E-state index contributed by atoms with van der Waals surface area (Å²) in [6.07, 6.45) is 0.893. The molecule has 0 saturated carbocycles. The van der Waals surface area contributed by atoms with E-state index in [0.29, 0.717) is 10.6 Å². The van der Waals surface area contributed by atoms with Gasteiger partial charge < -0.3 is 16.0 Å². The number of H-pyrrole nitrogens is 1. The number of benzene rings is 2. The van der Waals surface area contributed by atoms with Gasteiger partial charge in [0.2, 0.25) is 0 Å². The van der Waals surface area contributed by atoms with E-state index in [2.05, 4.69) is 17.2 Å². The number of nitrogens with two attached hydrogens (primary N) is 1. The molecule has 3 rings (SSSR count). The molecule has 1 aromatic heterocycles. The Hall–Kier alpha value is -2.40. The number of aromatic nitrogens is 1. The zero-order chi connectivity index (χ0) is 17.3. The van der Waals surface area contributed by atoms with Crippen LogP contribution >= 0.6 is 12.2 Å². The minimum absolute atomic E-state index is 0.153. The predicted octanol–water partition coefficient (Wildman–Crippen LogP) is 3.75. The van der Waals surface area contributed by atoms with E-state index in [1.165, 1.54) is 0 Å². The van der Waals surface area contributed by atoms with Crippen LogP contribution in [-0.4, -0.2) is 21.9 Å². The first kappa shape index (κ1) is 16.5. The van der Waals surface area contributed by atoms with E-state index in [9.17, 15) is 4.79 Å². The highest BCUT2D eigenvalue weighted by Gasteiger charge is 2.21. The molecular formula is C19H21N3OS. The van der Waals surface area contributed by atoms with Crippen LogP contribution in [0.2, 0.25) is 0 Å². The number of para-hydroxylation sites is 1. The van der Waals surface area contributed by atoms with Crippen LogP contribution in [0.3, 0.4) is 0 Å². The molecule has 0 saturated heterocycles. The molecule has 0 aliphatic carbocycles. The topological polar surface area (TPSA) is 70.9 Å². The number of carbonyl (C=O) groups excluding carboxylic acids is 1. The van der Waals surface area contributed by atoms with Crippen LogP contribution in [0, 0.1) is 5.92 Å². The Labute approximate surface area is 146 Å². The average molecular weight is 339 g/mol. The lowest BCUT2D eigenvalue weighted by molar-refractivity contribution is 0.0938. The Morgan fingerprint density at radius 2 is 1.92 bits per heavy atom. The first-order valence-corrected chi connectivity index (χ1v) is 8.52. The van der Waals surface area contributed by atoms with Gasteiger partial charge in [0, 0.05) is 27.4 Å². The van der Waals surface area contributed by atoms with Gasteiger partial charge in [0.15, 0.2) is 0 Å². The molecule has 0 aliphatic rings. The van der Waals surface area contributed by atoms with Crippen molar-refractivity contribution >= 4 is 44.9 Å². The summed E-state index contributed by atoms with van der Waals surface area (Å²) in [5.74, 6) is 0.0450. The monoisotopic (exact) mass is 339 g/mol. The van der Waals surface area contributed by atoms with Crippen molar-refractivity contribution in [3.05, 3.63) is 48.0 Å². The molecule has 4 N–H and O–H groups in total. The summed E-state index contributed by atoms with van der Waals surface area (Å²) in [7, 11) is 0.